The number of methoxy groups -OCH3 is 2. The predicted octanol–water partition coefficient (Wildman–Crippen LogP) is 3.70. The number of pyridine rings is 1. The molecule has 0 N–H and O–H groups in total. The van der Waals surface area contributed by atoms with Gasteiger partial charge in [0, 0.05) is 42.5 Å². The van der Waals surface area contributed by atoms with Gasteiger partial charge in [0.25, 0.3) is 5.56 Å². The third kappa shape index (κ3) is 5.09. The minimum absolute atomic E-state index is 0.00114. The summed E-state index contributed by atoms with van der Waals surface area (Å²) in [6.45, 7) is 4.62. The molecule has 172 valence electrons. The molecule has 0 amide bonds. The van der Waals surface area contributed by atoms with Crippen molar-refractivity contribution in [2.45, 2.75) is 26.6 Å². The molecular weight excluding hydrogens is 416 g/mol. The molecule has 33 heavy (non-hydrogen) atoms. The van der Waals surface area contributed by atoms with Crippen molar-refractivity contribution in [2.24, 2.45) is 0 Å². The van der Waals surface area contributed by atoms with Crippen LogP contribution >= 0.6 is 0 Å². The smallest absolute Gasteiger partial charge is 0.255 e. The molecule has 7 nitrogen and oxygen atoms in total. The minimum atomic E-state index is 0.00114. The summed E-state index contributed by atoms with van der Waals surface area (Å²) in [4.78, 5) is 15.8. The first-order valence-corrected chi connectivity index (χ1v) is 11.0. The lowest BCUT2D eigenvalue weighted by atomic mass is 10.1. The number of ether oxygens (including phenoxy) is 2. The van der Waals surface area contributed by atoms with E-state index in [0.29, 0.717) is 24.6 Å². The molecule has 4 aromatic rings. The maximum Gasteiger partial charge on any atom is 0.255 e. The molecule has 0 saturated carbocycles. The van der Waals surface area contributed by atoms with Crippen LogP contribution in [0, 0.1) is 6.92 Å². The summed E-state index contributed by atoms with van der Waals surface area (Å²) in [5.74, 6) is 1.25. The van der Waals surface area contributed by atoms with Crippen molar-refractivity contribution < 1.29 is 9.47 Å². The van der Waals surface area contributed by atoms with E-state index in [2.05, 4.69) is 41.2 Å². The van der Waals surface area contributed by atoms with Gasteiger partial charge in [-0.05, 0) is 37.7 Å². The van der Waals surface area contributed by atoms with Gasteiger partial charge < -0.3 is 18.9 Å². The Morgan fingerprint density at radius 1 is 1.03 bits per heavy atom. The summed E-state index contributed by atoms with van der Waals surface area (Å²) in [5.41, 5.74) is 3.82. The van der Waals surface area contributed by atoms with Gasteiger partial charge in [0.15, 0.2) is 11.5 Å². The Labute approximate surface area is 193 Å². The fourth-order valence-electron chi connectivity index (χ4n) is 3.99. The number of aromatic nitrogens is 3. The van der Waals surface area contributed by atoms with Gasteiger partial charge in [-0.3, -0.25) is 9.48 Å². The second-order valence-corrected chi connectivity index (χ2v) is 8.32. The highest BCUT2D eigenvalue weighted by atomic mass is 16.5. The first-order valence-electron chi connectivity index (χ1n) is 11.0. The number of likely N-dealkylation sites (N-methyl/N-ethyl adjacent to an activating group) is 1. The highest BCUT2D eigenvalue weighted by molar-refractivity contribution is 5.84. The molecule has 0 aliphatic heterocycles. The summed E-state index contributed by atoms with van der Waals surface area (Å²) in [5, 5.41) is 5.19. The Balaban J connectivity index is 1.73. The molecule has 0 fully saturated rings. The van der Waals surface area contributed by atoms with E-state index >= 15 is 0 Å². The second kappa shape index (κ2) is 9.92. The van der Waals surface area contributed by atoms with Crippen molar-refractivity contribution in [3.63, 3.8) is 0 Å². The lowest BCUT2D eigenvalue weighted by Crippen LogP contribution is -2.30. The van der Waals surface area contributed by atoms with Crippen LogP contribution in [0.15, 0.2) is 65.7 Å². The molecule has 0 aliphatic rings. The quantitative estimate of drug-likeness (QED) is 0.392. The van der Waals surface area contributed by atoms with Crippen molar-refractivity contribution in [1.29, 1.82) is 0 Å². The third-order valence-corrected chi connectivity index (χ3v) is 5.84. The number of rotatable bonds is 9. The van der Waals surface area contributed by atoms with Crippen molar-refractivity contribution in [3.8, 4) is 11.5 Å². The highest BCUT2D eigenvalue weighted by Crippen LogP contribution is 2.32. The number of hydrogen-bond acceptors (Lipinski definition) is 5. The van der Waals surface area contributed by atoms with Gasteiger partial charge >= 0.3 is 0 Å². The van der Waals surface area contributed by atoms with Crippen molar-refractivity contribution >= 4 is 10.9 Å². The highest BCUT2D eigenvalue weighted by Gasteiger charge is 2.15. The standard InChI is InChI=1S/C26H30N4O3/c1-19-6-8-20(9-7-19)17-30-23-16-25(33-4)24(32-3)15-21(23)14-22(26(30)31)18-28(2)12-13-29-11-5-10-27-29/h5-11,14-16H,12-13,17-18H2,1-4H3. The van der Waals surface area contributed by atoms with Crippen LogP contribution in [0.2, 0.25) is 0 Å². The monoisotopic (exact) mass is 446 g/mol. The molecule has 0 saturated heterocycles. The molecule has 0 radical (unpaired) electrons. The van der Waals surface area contributed by atoms with Gasteiger partial charge in [0.1, 0.15) is 0 Å². The zero-order chi connectivity index (χ0) is 23.4. The molecule has 4 rings (SSSR count). The molecule has 0 spiro atoms. The predicted molar refractivity (Wildman–Crippen MR) is 130 cm³/mol. The molecular formula is C26H30N4O3. The van der Waals surface area contributed by atoms with Crippen LogP contribution in [0.3, 0.4) is 0 Å². The molecule has 0 aliphatic carbocycles. The van der Waals surface area contributed by atoms with Crippen LogP contribution in [-0.2, 0) is 19.6 Å². The summed E-state index contributed by atoms with van der Waals surface area (Å²) in [6.07, 6.45) is 3.72. The summed E-state index contributed by atoms with van der Waals surface area (Å²) in [7, 11) is 5.25. The summed E-state index contributed by atoms with van der Waals surface area (Å²) >= 11 is 0. The lowest BCUT2D eigenvalue weighted by Gasteiger charge is -2.19. The van der Waals surface area contributed by atoms with Gasteiger partial charge in [0.05, 0.1) is 32.8 Å². The number of aryl methyl sites for hydroxylation is 1. The second-order valence-electron chi connectivity index (χ2n) is 8.32. The number of hydrogen-bond donors (Lipinski definition) is 0. The van der Waals surface area contributed by atoms with Crippen LogP contribution in [0.5, 0.6) is 11.5 Å². The van der Waals surface area contributed by atoms with Crippen LogP contribution in [0.4, 0.5) is 0 Å². The molecule has 2 aromatic carbocycles. The van der Waals surface area contributed by atoms with Crippen molar-refractivity contribution in [3.05, 3.63) is 88.0 Å². The summed E-state index contributed by atoms with van der Waals surface area (Å²) < 4.78 is 14.7. The maximum absolute atomic E-state index is 13.6. The number of fused-ring (bicyclic) bond motifs is 1. The lowest BCUT2D eigenvalue weighted by molar-refractivity contribution is 0.303. The first kappa shape index (κ1) is 22.6. The molecule has 7 heteroatoms. The normalized spacial score (nSPS) is 11.3. The van der Waals surface area contributed by atoms with Gasteiger partial charge in [-0.25, -0.2) is 0 Å². The summed E-state index contributed by atoms with van der Waals surface area (Å²) in [6, 6.07) is 16.0. The molecule has 0 bridgehead atoms. The van der Waals surface area contributed by atoms with E-state index in [1.165, 1.54) is 5.56 Å². The minimum Gasteiger partial charge on any atom is -0.493 e. The topological polar surface area (TPSA) is 61.5 Å². The van der Waals surface area contributed by atoms with Crippen LogP contribution < -0.4 is 15.0 Å². The fourth-order valence-corrected chi connectivity index (χ4v) is 3.99. The van der Waals surface area contributed by atoms with Crippen LogP contribution in [0.25, 0.3) is 10.9 Å². The van der Waals surface area contributed by atoms with Gasteiger partial charge in [-0.1, -0.05) is 29.8 Å². The first-order chi connectivity index (χ1) is 16.0. The zero-order valence-electron chi connectivity index (χ0n) is 19.6. The average molecular weight is 447 g/mol. The van der Waals surface area contributed by atoms with Gasteiger partial charge in [-0.15, -0.1) is 0 Å². The van der Waals surface area contributed by atoms with Crippen LogP contribution in [-0.4, -0.2) is 47.1 Å². The van der Waals surface area contributed by atoms with E-state index < -0.39 is 0 Å². The average Bonchev–Trinajstić information content (AvgIpc) is 3.34. The Bertz CT molecular complexity index is 1280. The van der Waals surface area contributed by atoms with Crippen molar-refractivity contribution in [2.75, 3.05) is 27.8 Å². The third-order valence-electron chi connectivity index (χ3n) is 5.84. The Morgan fingerprint density at radius 3 is 2.42 bits per heavy atom. The largest absolute Gasteiger partial charge is 0.493 e. The molecule has 2 aromatic heterocycles. The zero-order valence-corrected chi connectivity index (χ0v) is 19.6. The van der Waals surface area contributed by atoms with E-state index in [9.17, 15) is 4.79 Å². The van der Waals surface area contributed by atoms with Crippen LogP contribution in [0.1, 0.15) is 16.7 Å². The fraction of sp³-hybridized carbons (Fsp3) is 0.308. The number of benzene rings is 2. The van der Waals surface area contributed by atoms with E-state index in [-0.39, 0.29) is 5.56 Å². The maximum atomic E-state index is 13.6. The van der Waals surface area contributed by atoms with E-state index in [4.69, 9.17) is 9.47 Å². The number of nitrogens with zero attached hydrogens (tertiary/aromatic N) is 4. The Kier molecular flexibility index (Phi) is 6.79. The van der Waals surface area contributed by atoms with Gasteiger partial charge in [0.2, 0.25) is 0 Å². The SMILES string of the molecule is COc1cc2cc(CN(C)CCn3cccn3)c(=O)n(Cc3ccc(C)cc3)c2cc1OC. The molecule has 0 atom stereocenters. The van der Waals surface area contributed by atoms with Gasteiger partial charge in [-0.2, -0.15) is 5.10 Å². The van der Waals surface area contributed by atoms with E-state index in [1.54, 1.807) is 20.4 Å². The molecule has 0 unspecified atom stereocenters. The molecule has 2 heterocycles. The van der Waals surface area contributed by atoms with E-state index in [1.807, 2.05) is 46.8 Å². The van der Waals surface area contributed by atoms with E-state index in [0.717, 1.165) is 35.1 Å². The van der Waals surface area contributed by atoms with Crippen molar-refractivity contribution in [1.82, 2.24) is 19.2 Å². The Hall–Kier alpha value is -3.58. The Morgan fingerprint density at radius 2 is 1.76 bits per heavy atom.